The number of nitrogens with one attached hydrogen (secondary N) is 1. The normalized spacial score (nSPS) is 11.2. The Balaban J connectivity index is 2.04. The van der Waals surface area contributed by atoms with Crippen LogP contribution in [0.5, 0.6) is 0 Å². The molecular weight excluding hydrogens is 306 g/mol. The van der Waals surface area contributed by atoms with Gasteiger partial charge in [0.1, 0.15) is 0 Å². The highest BCUT2D eigenvalue weighted by Crippen LogP contribution is 2.18. The van der Waals surface area contributed by atoms with Gasteiger partial charge in [0, 0.05) is 11.4 Å². The number of amides is 1. The summed E-state index contributed by atoms with van der Waals surface area (Å²) in [5.41, 5.74) is 8.05. The third-order valence-corrected chi connectivity index (χ3v) is 3.46. The van der Waals surface area contributed by atoms with Crippen molar-refractivity contribution in [2.24, 2.45) is 0 Å². The van der Waals surface area contributed by atoms with Crippen LogP contribution >= 0.6 is 0 Å². The lowest BCUT2D eigenvalue weighted by atomic mass is 10.1. The number of hydrogen-bond acceptors (Lipinski definition) is 5. The zero-order valence-corrected chi connectivity index (χ0v) is 13.4. The molecule has 24 heavy (non-hydrogen) atoms. The lowest BCUT2D eigenvalue weighted by Gasteiger charge is -2.15. The number of para-hydroxylation sites is 1. The van der Waals surface area contributed by atoms with Gasteiger partial charge in [0.15, 0.2) is 6.10 Å². The van der Waals surface area contributed by atoms with Crippen molar-refractivity contribution in [2.75, 3.05) is 11.1 Å². The Morgan fingerprint density at radius 2 is 1.96 bits per heavy atom. The lowest BCUT2D eigenvalue weighted by molar-refractivity contribution is -0.123. The number of esters is 1. The van der Waals surface area contributed by atoms with E-state index in [1.165, 1.54) is 13.0 Å². The number of rotatable bonds is 4. The molecule has 2 aromatic carbocycles. The lowest BCUT2D eigenvalue weighted by Crippen LogP contribution is -2.30. The number of nitrogens with two attached hydrogens (primary N) is 1. The second-order valence-corrected chi connectivity index (χ2v) is 5.27. The summed E-state index contributed by atoms with van der Waals surface area (Å²) >= 11 is 0. The Bertz CT molecular complexity index is 824. The number of nitrogens with zero attached hydrogens (tertiary/aromatic N) is 1. The van der Waals surface area contributed by atoms with Crippen LogP contribution in [0.1, 0.15) is 28.4 Å². The fourth-order valence-electron chi connectivity index (χ4n) is 2.05. The summed E-state index contributed by atoms with van der Waals surface area (Å²) in [5.74, 6) is -1.16. The molecule has 0 unspecified atom stereocenters. The van der Waals surface area contributed by atoms with Gasteiger partial charge in [0.25, 0.3) is 5.91 Å². The van der Waals surface area contributed by atoms with E-state index in [9.17, 15) is 9.59 Å². The summed E-state index contributed by atoms with van der Waals surface area (Å²) in [6, 6.07) is 13.5. The monoisotopic (exact) mass is 323 g/mol. The Morgan fingerprint density at radius 1 is 1.25 bits per heavy atom. The van der Waals surface area contributed by atoms with Crippen LogP contribution in [-0.2, 0) is 9.53 Å². The highest BCUT2D eigenvalue weighted by Gasteiger charge is 2.21. The summed E-state index contributed by atoms with van der Waals surface area (Å²) in [6.45, 7) is 3.25. The summed E-state index contributed by atoms with van der Waals surface area (Å²) in [7, 11) is 0. The number of carbonyl (C=O) groups excluding carboxylic acids is 2. The Labute approximate surface area is 139 Å². The average molecular weight is 323 g/mol. The minimum atomic E-state index is -1.01. The van der Waals surface area contributed by atoms with Gasteiger partial charge in [-0.05, 0) is 43.7 Å². The molecule has 0 aliphatic heterocycles. The average Bonchev–Trinajstić information content (AvgIpc) is 2.57. The van der Waals surface area contributed by atoms with Crippen molar-refractivity contribution in [1.82, 2.24) is 0 Å². The van der Waals surface area contributed by atoms with Gasteiger partial charge in [-0.25, -0.2) is 4.79 Å². The first-order chi connectivity index (χ1) is 11.4. The van der Waals surface area contributed by atoms with E-state index >= 15 is 0 Å². The van der Waals surface area contributed by atoms with Gasteiger partial charge in [0.2, 0.25) is 0 Å². The maximum absolute atomic E-state index is 12.2. The van der Waals surface area contributed by atoms with Crippen LogP contribution in [0.2, 0.25) is 0 Å². The van der Waals surface area contributed by atoms with Crippen LogP contribution in [-0.4, -0.2) is 18.0 Å². The van der Waals surface area contributed by atoms with Gasteiger partial charge in [0.05, 0.1) is 17.2 Å². The third-order valence-electron chi connectivity index (χ3n) is 3.46. The quantitative estimate of drug-likeness (QED) is 0.664. The molecule has 0 aliphatic carbocycles. The topological polar surface area (TPSA) is 105 Å². The smallest absolute Gasteiger partial charge is 0.341 e. The molecule has 1 atom stereocenters. The molecule has 122 valence electrons. The zero-order valence-electron chi connectivity index (χ0n) is 13.4. The summed E-state index contributed by atoms with van der Waals surface area (Å²) in [6.07, 6.45) is -1.01. The summed E-state index contributed by atoms with van der Waals surface area (Å²) in [5, 5.41) is 11.5. The van der Waals surface area contributed by atoms with Gasteiger partial charge in [-0.3, -0.25) is 4.79 Å². The van der Waals surface area contributed by atoms with E-state index in [4.69, 9.17) is 15.7 Å². The fraction of sp³-hybridized carbons (Fsp3) is 0.167. The van der Waals surface area contributed by atoms with Crippen molar-refractivity contribution in [3.8, 4) is 6.07 Å². The molecule has 3 N–H and O–H groups in total. The van der Waals surface area contributed by atoms with Gasteiger partial charge < -0.3 is 15.8 Å². The van der Waals surface area contributed by atoms with Crippen LogP contribution in [0.15, 0.2) is 42.5 Å². The van der Waals surface area contributed by atoms with E-state index in [0.29, 0.717) is 16.9 Å². The molecule has 0 radical (unpaired) electrons. The van der Waals surface area contributed by atoms with E-state index in [1.54, 1.807) is 43.3 Å². The minimum Gasteiger partial charge on any atom is -0.449 e. The maximum atomic E-state index is 12.2. The first-order valence-corrected chi connectivity index (χ1v) is 7.29. The molecule has 0 fully saturated rings. The number of ether oxygens (including phenoxy) is 1. The fourth-order valence-corrected chi connectivity index (χ4v) is 2.05. The van der Waals surface area contributed by atoms with Crippen LogP contribution in [0.3, 0.4) is 0 Å². The van der Waals surface area contributed by atoms with Crippen LogP contribution in [0, 0.1) is 18.3 Å². The van der Waals surface area contributed by atoms with E-state index in [1.807, 2.05) is 6.07 Å². The molecule has 2 aromatic rings. The molecule has 0 spiro atoms. The van der Waals surface area contributed by atoms with Crippen molar-refractivity contribution >= 4 is 23.3 Å². The van der Waals surface area contributed by atoms with Gasteiger partial charge in [-0.1, -0.05) is 18.2 Å². The Hall–Kier alpha value is -3.33. The largest absolute Gasteiger partial charge is 0.449 e. The molecule has 0 bridgehead atoms. The molecule has 6 nitrogen and oxygen atoms in total. The third kappa shape index (κ3) is 3.90. The minimum absolute atomic E-state index is 0.223. The number of hydrogen-bond donors (Lipinski definition) is 2. The first kappa shape index (κ1) is 17.0. The van der Waals surface area contributed by atoms with Crippen molar-refractivity contribution in [2.45, 2.75) is 20.0 Å². The predicted molar refractivity (Wildman–Crippen MR) is 90.3 cm³/mol. The van der Waals surface area contributed by atoms with E-state index in [2.05, 4.69) is 5.32 Å². The second-order valence-electron chi connectivity index (χ2n) is 5.27. The van der Waals surface area contributed by atoms with Gasteiger partial charge in [-0.15, -0.1) is 0 Å². The van der Waals surface area contributed by atoms with Crippen LogP contribution in [0.25, 0.3) is 0 Å². The molecule has 1 amide bonds. The number of benzene rings is 2. The van der Waals surface area contributed by atoms with Gasteiger partial charge >= 0.3 is 5.97 Å². The van der Waals surface area contributed by atoms with Crippen LogP contribution < -0.4 is 11.1 Å². The van der Waals surface area contributed by atoms with Crippen molar-refractivity contribution in [3.63, 3.8) is 0 Å². The van der Waals surface area contributed by atoms with E-state index < -0.39 is 18.0 Å². The van der Waals surface area contributed by atoms with Crippen LogP contribution in [0.4, 0.5) is 11.4 Å². The second kappa shape index (κ2) is 7.29. The van der Waals surface area contributed by atoms with Crippen molar-refractivity contribution in [1.29, 1.82) is 5.26 Å². The van der Waals surface area contributed by atoms with E-state index in [0.717, 1.165) is 5.56 Å². The molecule has 0 aromatic heterocycles. The first-order valence-electron chi connectivity index (χ1n) is 7.29. The predicted octanol–water partition coefficient (Wildman–Crippen LogP) is 2.63. The summed E-state index contributed by atoms with van der Waals surface area (Å²) < 4.78 is 5.17. The number of carbonyl (C=O) groups is 2. The standard InChI is InChI=1S/C18H17N3O3/c1-11-5-3-8-15(16(11)20)18(23)24-12(2)17(22)21-14-7-4-6-13(9-14)10-19/h3-9,12H,20H2,1-2H3,(H,21,22)/t12-/m0/s1. The number of nitriles is 1. The zero-order chi connectivity index (χ0) is 17.7. The Morgan fingerprint density at radius 3 is 2.67 bits per heavy atom. The number of nitrogen functional groups attached to an aromatic ring is 1. The number of aryl methyl sites for hydroxylation is 1. The summed E-state index contributed by atoms with van der Waals surface area (Å²) in [4.78, 5) is 24.3. The molecule has 2 rings (SSSR count). The van der Waals surface area contributed by atoms with Crippen molar-refractivity contribution in [3.05, 3.63) is 59.2 Å². The SMILES string of the molecule is Cc1cccc(C(=O)O[C@@H](C)C(=O)Nc2cccc(C#N)c2)c1N. The molecular formula is C18H17N3O3. The molecule has 6 heteroatoms. The molecule has 0 aliphatic rings. The van der Waals surface area contributed by atoms with Gasteiger partial charge in [-0.2, -0.15) is 5.26 Å². The highest BCUT2D eigenvalue weighted by molar-refractivity contribution is 5.99. The molecule has 0 heterocycles. The maximum Gasteiger partial charge on any atom is 0.341 e. The number of anilines is 2. The molecule has 0 saturated carbocycles. The Kier molecular flexibility index (Phi) is 5.17. The molecule has 0 saturated heterocycles. The van der Waals surface area contributed by atoms with Crippen molar-refractivity contribution < 1.29 is 14.3 Å². The highest BCUT2D eigenvalue weighted by atomic mass is 16.5. The van der Waals surface area contributed by atoms with E-state index in [-0.39, 0.29) is 5.56 Å².